The predicted octanol–water partition coefficient (Wildman–Crippen LogP) is 3.33. The number of carboxylic acids is 1. The maximum absolute atomic E-state index is 11.1. The first-order valence-electron chi connectivity index (χ1n) is 8.97. The van der Waals surface area contributed by atoms with Gasteiger partial charge in [0.05, 0.1) is 24.1 Å². The maximum Gasteiger partial charge on any atom is 0.335 e. The summed E-state index contributed by atoms with van der Waals surface area (Å²) in [6.07, 6.45) is 2.72. The number of ether oxygens (including phenoxy) is 1. The van der Waals surface area contributed by atoms with Crippen LogP contribution >= 0.6 is 0 Å². The molecule has 0 fully saturated rings. The molecule has 4 rings (SSSR count). The van der Waals surface area contributed by atoms with E-state index in [2.05, 4.69) is 17.4 Å². The second-order valence-corrected chi connectivity index (χ2v) is 6.56. The molecule has 2 aromatic carbocycles. The Balaban J connectivity index is 1.57. The van der Waals surface area contributed by atoms with Crippen molar-refractivity contribution in [1.82, 2.24) is 9.78 Å². The molecule has 0 radical (unpaired) electrons. The van der Waals surface area contributed by atoms with Gasteiger partial charge in [-0.05, 0) is 61.2 Å². The highest BCUT2D eigenvalue weighted by Crippen LogP contribution is 2.29. The minimum atomic E-state index is -0.925. The highest BCUT2D eigenvalue weighted by molar-refractivity contribution is 5.87. The first kappa shape index (κ1) is 17.1. The van der Waals surface area contributed by atoms with Crippen molar-refractivity contribution >= 4 is 11.8 Å². The summed E-state index contributed by atoms with van der Waals surface area (Å²) in [7, 11) is 1.67. The van der Waals surface area contributed by atoms with Crippen molar-refractivity contribution in [3.05, 3.63) is 70.9 Å². The fraction of sp³-hybridized carbons (Fsp3) is 0.238. The Bertz CT molecular complexity index is 960. The number of aromatic nitrogens is 2. The number of carboxylic acid groups (broad SMARTS) is 1. The van der Waals surface area contributed by atoms with Crippen LogP contribution < -0.4 is 10.1 Å². The number of rotatable bonds is 6. The van der Waals surface area contributed by atoms with E-state index in [-0.39, 0.29) is 5.56 Å². The molecule has 6 nitrogen and oxygen atoms in total. The molecule has 6 heteroatoms. The summed E-state index contributed by atoms with van der Waals surface area (Å²) in [5, 5.41) is 17.3. The zero-order chi connectivity index (χ0) is 18.8. The standard InChI is InChI=1S/C21H21N3O3/c1-27-17-9-2-14(3-10-17)4-11-19-18-12-13-22-20(18)24(23-19)16-7-5-15(6-8-16)21(25)26/h2-3,5-10,22H,4,11-13H2,1H3,(H,25,26). The molecule has 0 atom stereocenters. The van der Waals surface area contributed by atoms with Crippen LogP contribution in [0.15, 0.2) is 48.5 Å². The van der Waals surface area contributed by atoms with Gasteiger partial charge >= 0.3 is 5.97 Å². The number of fused-ring (bicyclic) bond motifs is 1. The average molecular weight is 363 g/mol. The second kappa shape index (κ2) is 7.15. The van der Waals surface area contributed by atoms with Gasteiger partial charge in [0.2, 0.25) is 0 Å². The highest BCUT2D eigenvalue weighted by Gasteiger charge is 2.22. The molecule has 1 aliphatic heterocycles. The number of nitrogens with one attached hydrogen (secondary N) is 1. The van der Waals surface area contributed by atoms with Crippen molar-refractivity contribution in [3.63, 3.8) is 0 Å². The first-order valence-corrected chi connectivity index (χ1v) is 8.97. The molecule has 3 aromatic rings. The number of nitrogens with zero attached hydrogens (tertiary/aromatic N) is 2. The van der Waals surface area contributed by atoms with Gasteiger partial charge in [-0.15, -0.1) is 0 Å². The Labute approximate surface area is 157 Å². The average Bonchev–Trinajstić information content (AvgIpc) is 3.30. The van der Waals surface area contributed by atoms with E-state index < -0.39 is 5.97 Å². The number of hydrogen-bond donors (Lipinski definition) is 2. The number of methoxy groups -OCH3 is 1. The van der Waals surface area contributed by atoms with Gasteiger partial charge in [0.15, 0.2) is 0 Å². The molecule has 0 unspecified atom stereocenters. The van der Waals surface area contributed by atoms with E-state index in [1.165, 1.54) is 11.1 Å². The number of aryl methyl sites for hydroxylation is 2. The molecule has 1 aromatic heterocycles. The van der Waals surface area contributed by atoms with Crippen molar-refractivity contribution in [2.75, 3.05) is 19.0 Å². The van der Waals surface area contributed by atoms with Gasteiger partial charge in [-0.2, -0.15) is 5.10 Å². The summed E-state index contributed by atoms with van der Waals surface area (Å²) in [4.78, 5) is 11.1. The van der Waals surface area contributed by atoms with Gasteiger partial charge < -0.3 is 15.2 Å². The quantitative estimate of drug-likeness (QED) is 0.702. The van der Waals surface area contributed by atoms with E-state index >= 15 is 0 Å². The highest BCUT2D eigenvalue weighted by atomic mass is 16.5. The van der Waals surface area contributed by atoms with Crippen molar-refractivity contribution in [2.24, 2.45) is 0 Å². The molecular formula is C21H21N3O3. The topological polar surface area (TPSA) is 76.4 Å². The summed E-state index contributed by atoms with van der Waals surface area (Å²) in [6, 6.07) is 14.9. The monoisotopic (exact) mass is 363 g/mol. The molecule has 1 aliphatic rings. The minimum Gasteiger partial charge on any atom is -0.497 e. The summed E-state index contributed by atoms with van der Waals surface area (Å²) in [5.41, 5.74) is 4.73. The van der Waals surface area contributed by atoms with E-state index in [1.54, 1.807) is 31.4 Å². The van der Waals surface area contributed by atoms with Crippen LogP contribution in [0.2, 0.25) is 0 Å². The molecule has 0 saturated heterocycles. The lowest BCUT2D eigenvalue weighted by atomic mass is 10.1. The van der Waals surface area contributed by atoms with Crippen LogP contribution in [-0.2, 0) is 19.3 Å². The van der Waals surface area contributed by atoms with E-state index in [9.17, 15) is 4.79 Å². The Morgan fingerprint density at radius 2 is 1.89 bits per heavy atom. The van der Waals surface area contributed by atoms with Crippen molar-refractivity contribution in [2.45, 2.75) is 19.3 Å². The molecule has 0 bridgehead atoms. The molecule has 2 N–H and O–H groups in total. The lowest BCUT2D eigenvalue weighted by Gasteiger charge is -2.07. The van der Waals surface area contributed by atoms with Gasteiger partial charge in [0.25, 0.3) is 0 Å². The van der Waals surface area contributed by atoms with Crippen LogP contribution in [-0.4, -0.2) is 34.5 Å². The van der Waals surface area contributed by atoms with Gasteiger partial charge in [0.1, 0.15) is 11.6 Å². The first-order chi connectivity index (χ1) is 13.2. The van der Waals surface area contributed by atoms with Gasteiger partial charge in [-0.3, -0.25) is 0 Å². The largest absolute Gasteiger partial charge is 0.497 e. The van der Waals surface area contributed by atoms with Crippen LogP contribution in [0.1, 0.15) is 27.2 Å². The number of hydrogen-bond acceptors (Lipinski definition) is 4. The zero-order valence-electron chi connectivity index (χ0n) is 15.1. The molecule has 2 heterocycles. The lowest BCUT2D eigenvalue weighted by molar-refractivity contribution is 0.0697. The lowest BCUT2D eigenvalue weighted by Crippen LogP contribution is -2.06. The Morgan fingerprint density at radius 1 is 1.15 bits per heavy atom. The van der Waals surface area contributed by atoms with Crippen molar-refractivity contribution in [3.8, 4) is 11.4 Å². The SMILES string of the molecule is COc1ccc(CCc2nn(-c3ccc(C(=O)O)cc3)c3c2CCN3)cc1. The molecule has 0 amide bonds. The number of anilines is 1. The third-order valence-electron chi connectivity index (χ3n) is 4.90. The fourth-order valence-corrected chi connectivity index (χ4v) is 3.43. The smallest absolute Gasteiger partial charge is 0.335 e. The second-order valence-electron chi connectivity index (χ2n) is 6.56. The zero-order valence-corrected chi connectivity index (χ0v) is 15.1. The molecule has 27 heavy (non-hydrogen) atoms. The predicted molar refractivity (Wildman–Crippen MR) is 103 cm³/mol. The summed E-state index contributed by atoms with van der Waals surface area (Å²) < 4.78 is 7.09. The molecule has 0 saturated carbocycles. The van der Waals surface area contributed by atoms with E-state index in [0.717, 1.165) is 48.8 Å². The third-order valence-corrected chi connectivity index (χ3v) is 4.90. The minimum absolute atomic E-state index is 0.273. The van der Waals surface area contributed by atoms with Crippen molar-refractivity contribution in [1.29, 1.82) is 0 Å². The maximum atomic E-state index is 11.1. The number of carbonyl (C=O) groups is 1. The normalized spacial score (nSPS) is 12.5. The van der Waals surface area contributed by atoms with Crippen molar-refractivity contribution < 1.29 is 14.6 Å². The summed E-state index contributed by atoms with van der Waals surface area (Å²) in [5.74, 6) is 0.950. The third kappa shape index (κ3) is 3.38. The number of aromatic carboxylic acids is 1. The fourth-order valence-electron chi connectivity index (χ4n) is 3.43. The van der Waals surface area contributed by atoms with Crippen LogP contribution in [0.4, 0.5) is 5.82 Å². The molecule has 0 spiro atoms. The number of benzene rings is 2. The van der Waals surface area contributed by atoms with Crippen LogP contribution in [0, 0.1) is 0 Å². The van der Waals surface area contributed by atoms with Gasteiger partial charge in [-0.1, -0.05) is 12.1 Å². The molecule has 138 valence electrons. The van der Waals surface area contributed by atoms with Crippen LogP contribution in [0.25, 0.3) is 5.69 Å². The van der Waals surface area contributed by atoms with Gasteiger partial charge in [-0.25, -0.2) is 9.48 Å². The van der Waals surface area contributed by atoms with Crippen LogP contribution in [0.5, 0.6) is 5.75 Å². The van der Waals surface area contributed by atoms with Crippen LogP contribution in [0.3, 0.4) is 0 Å². The summed E-state index contributed by atoms with van der Waals surface area (Å²) >= 11 is 0. The Morgan fingerprint density at radius 3 is 2.56 bits per heavy atom. The van der Waals surface area contributed by atoms with E-state index in [1.807, 2.05) is 16.8 Å². The summed E-state index contributed by atoms with van der Waals surface area (Å²) in [6.45, 7) is 0.899. The Kier molecular flexibility index (Phi) is 4.54. The van der Waals surface area contributed by atoms with E-state index in [4.69, 9.17) is 14.9 Å². The molecule has 0 aliphatic carbocycles. The Hall–Kier alpha value is -3.28. The van der Waals surface area contributed by atoms with Gasteiger partial charge in [0, 0.05) is 12.1 Å². The molecular weight excluding hydrogens is 342 g/mol. The van der Waals surface area contributed by atoms with E-state index in [0.29, 0.717) is 0 Å².